The van der Waals surface area contributed by atoms with Crippen molar-refractivity contribution in [2.75, 3.05) is 0 Å². The molecule has 0 amide bonds. The van der Waals surface area contributed by atoms with E-state index in [-0.39, 0.29) is 0 Å². The first-order valence-corrected chi connectivity index (χ1v) is 13.2. The molecule has 0 aromatic heterocycles. The molecule has 2 nitrogen and oxygen atoms in total. The van der Waals surface area contributed by atoms with Crippen LogP contribution in [-0.2, 0) is 9.59 Å². The molecule has 11 heavy (non-hydrogen) atoms. The molecule has 0 aromatic carbocycles. The van der Waals surface area contributed by atoms with Gasteiger partial charge >= 0.3 is 80.3 Å². The average Bonchev–Trinajstić information content (AvgIpc) is 1.61. The van der Waals surface area contributed by atoms with Crippen LogP contribution in [0.4, 0.5) is 0 Å². The molecule has 0 radical (unpaired) electrons. The van der Waals surface area contributed by atoms with Gasteiger partial charge in [0.05, 0.1) is 0 Å². The minimum atomic E-state index is -5.72. The molecule has 0 N–H and O–H groups in total. The Morgan fingerprint density at radius 3 is 1.09 bits per heavy atom. The molecule has 0 unspecified atom stereocenters. The predicted molar refractivity (Wildman–Crippen MR) is 50.5 cm³/mol. The van der Waals surface area contributed by atoms with Crippen molar-refractivity contribution >= 4 is 56.8 Å². The first kappa shape index (κ1) is 12.0. The number of carbonyl (C=O) groups excluding carboxylic acids is 2. The Kier molecular flexibility index (Phi) is 2.49. The van der Waals surface area contributed by atoms with E-state index in [9.17, 15) is 9.59 Å². The van der Waals surface area contributed by atoms with Crippen molar-refractivity contribution < 1.29 is 9.59 Å². The fourth-order valence-electron chi connectivity index (χ4n) is 0.202. The van der Waals surface area contributed by atoms with Gasteiger partial charge < -0.3 is 0 Å². The maximum absolute atomic E-state index is 10.9. The number of hydrogen-bond acceptors (Lipinski definition) is 2. The van der Waals surface area contributed by atoms with E-state index in [1.165, 1.54) is 0 Å². The molecule has 7 heteroatoms. The fourth-order valence-corrected chi connectivity index (χ4v) is 1.05. The van der Waals surface area contributed by atoms with Crippen LogP contribution in [0.25, 0.3) is 0 Å². The van der Waals surface area contributed by atoms with Gasteiger partial charge in [-0.2, -0.15) is 0 Å². The van der Waals surface area contributed by atoms with Crippen LogP contribution < -0.4 is 0 Å². The van der Waals surface area contributed by atoms with Crippen LogP contribution in [0.3, 0.4) is 0 Å². The zero-order valence-corrected chi connectivity index (χ0v) is 10.5. The quantitative estimate of drug-likeness (QED) is 0.735. The van der Waals surface area contributed by atoms with E-state index in [4.69, 9.17) is 40.4 Å². The Morgan fingerprint density at radius 2 is 1.09 bits per heavy atom. The second-order valence-electron chi connectivity index (χ2n) is 2.05. The van der Waals surface area contributed by atoms with Gasteiger partial charge in [0, 0.05) is 0 Å². The Labute approximate surface area is 79.9 Å². The SMILES string of the molecule is CC(=O)[Se](Cl)(Cl)(Cl)(Cl)C(C)=O. The van der Waals surface area contributed by atoms with Crippen molar-refractivity contribution in [3.8, 4) is 0 Å². The summed E-state index contributed by atoms with van der Waals surface area (Å²) < 4.78 is -1.76. The van der Waals surface area contributed by atoms with Crippen LogP contribution >= 0.6 is 40.4 Å². The van der Waals surface area contributed by atoms with Gasteiger partial charge in [-0.05, 0) is 0 Å². The first-order valence-electron chi connectivity index (χ1n) is 2.43. The average molecular weight is 307 g/mol. The van der Waals surface area contributed by atoms with E-state index in [2.05, 4.69) is 0 Å². The monoisotopic (exact) mass is 306 g/mol. The summed E-state index contributed by atoms with van der Waals surface area (Å²) in [4.78, 5) is 21.8. The van der Waals surface area contributed by atoms with Gasteiger partial charge in [-0.3, -0.25) is 0 Å². The van der Waals surface area contributed by atoms with Crippen molar-refractivity contribution in [1.29, 1.82) is 0 Å². The topological polar surface area (TPSA) is 34.1 Å². The normalized spacial score (nSPS) is 18.4. The molecule has 0 fully saturated rings. The summed E-state index contributed by atoms with van der Waals surface area (Å²) >= 11 is 0. The van der Waals surface area contributed by atoms with Crippen molar-refractivity contribution in [2.45, 2.75) is 13.8 Å². The maximum atomic E-state index is 10.9. The molecule has 0 atom stereocenters. The van der Waals surface area contributed by atoms with E-state index in [0.29, 0.717) is 0 Å². The third-order valence-corrected chi connectivity index (χ3v) is 15.0. The van der Waals surface area contributed by atoms with Gasteiger partial charge in [0.15, 0.2) is 0 Å². The number of carbonyl (C=O) groups is 2. The summed E-state index contributed by atoms with van der Waals surface area (Å²) in [6.45, 7) is 1.99. The predicted octanol–water partition coefficient (Wildman–Crippen LogP) is 2.54. The number of hydrogen-bond donors (Lipinski definition) is 0. The zero-order valence-electron chi connectivity index (χ0n) is 5.74. The van der Waals surface area contributed by atoms with Crippen molar-refractivity contribution in [1.82, 2.24) is 0 Å². The van der Waals surface area contributed by atoms with Crippen molar-refractivity contribution in [2.24, 2.45) is 0 Å². The molecular formula is C4H6Cl4O2Se. The Bertz CT molecular complexity index is 217. The standard InChI is InChI=1S/C4H6Cl4O2Se/c1-3(9)11(5,6,7,8)4(2)10/h1-2H3. The molecule has 0 aliphatic heterocycles. The van der Waals surface area contributed by atoms with Gasteiger partial charge in [0.1, 0.15) is 0 Å². The number of rotatable bonds is 2. The van der Waals surface area contributed by atoms with Crippen LogP contribution in [0.1, 0.15) is 13.8 Å². The van der Waals surface area contributed by atoms with E-state index in [1.54, 1.807) is 0 Å². The molecule has 68 valence electrons. The van der Waals surface area contributed by atoms with Crippen LogP contribution in [0.5, 0.6) is 0 Å². The molecule has 0 rings (SSSR count). The van der Waals surface area contributed by atoms with Gasteiger partial charge in [-0.25, -0.2) is 0 Å². The van der Waals surface area contributed by atoms with Crippen LogP contribution in [0.15, 0.2) is 0 Å². The summed E-state index contributed by atoms with van der Waals surface area (Å²) in [5.41, 5.74) is 0. The Morgan fingerprint density at radius 1 is 0.909 bits per heavy atom. The van der Waals surface area contributed by atoms with Gasteiger partial charge in [-0.15, -0.1) is 0 Å². The van der Waals surface area contributed by atoms with Gasteiger partial charge in [0.2, 0.25) is 0 Å². The van der Waals surface area contributed by atoms with E-state index in [1.807, 2.05) is 0 Å². The van der Waals surface area contributed by atoms with E-state index >= 15 is 0 Å². The van der Waals surface area contributed by atoms with Gasteiger partial charge in [-0.1, -0.05) is 0 Å². The second kappa shape index (κ2) is 2.28. The second-order valence-corrected chi connectivity index (χ2v) is 29.9. The Hall–Kier alpha value is 1.02. The molecule has 0 spiro atoms. The third-order valence-electron chi connectivity index (χ3n) is 1.16. The molecule has 0 saturated carbocycles. The molecule has 0 aliphatic rings. The van der Waals surface area contributed by atoms with Crippen LogP contribution in [0.2, 0.25) is 0 Å². The summed E-state index contributed by atoms with van der Waals surface area (Å²) in [6, 6.07) is 0. The molecular weight excluding hydrogens is 301 g/mol. The van der Waals surface area contributed by atoms with Gasteiger partial charge in [0.25, 0.3) is 0 Å². The number of halogens is 4. The van der Waals surface area contributed by atoms with Crippen molar-refractivity contribution in [3.63, 3.8) is 0 Å². The first-order chi connectivity index (χ1) is 4.41. The fraction of sp³-hybridized carbons (Fsp3) is 0.500. The minimum absolute atomic E-state index is 0.878. The molecule has 0 aromatic rings. The van der Waals surface area contributed by atoms with E-state index in [0.717, 1.165) is 13.8 Å². The van der Waals surface area contributed by atoms with Crippen LogP contribution in [0, 0.1) is 0 Å². The summed E-state index contributed by atoms with van der Waals surface area (Å²) in [5, 5.41) is 0. The molecule has 0 aliphatic carbocycles. The summed E-state index contributed by atoms with van der Waals surface area (Å²) in [7, 11) is 16.2. The molecule has 0 heterocycles. The molecule has 0 bridgehead atoms. The molecule has 0 saturated heterocycles. The Balaban J connectivity index is 5.57. The summed E-state index contributed by atoms with van der Waals surface area (Å²) in [6.07, 6.45) is 0. The zero-order chi connectivity index (χ0) is 9.56. The summed E-state index contributed by atoms with van der Waals surface area (Å²) in [5.74, 6) is 0. The van der Waals surface area contributed by atoms with Crippen LogP contribution in [-0.4, -0.2) is 16.4 Å². The third kappa shape index (κ3) is 2.03. The van der Waals surface area contributed by atoms with Crippen molar-refractivity contribution in [3.05, 3.63) is 0 Å². The van der Waals surface area contributed by atoms with E-state index < -0.39 is 16.4 Å².